The van der Waals surface area contributed by atoms with Crippen molar-refractivity contribution in [3.63, 3.8) is 0 Å². The Balaban J connectivity index is 1.47. The Morgan fingerprint density at radius 2 is 2.19 bits per heavy atom. The van der Waals surface area contributed by atoms with Gasteiger partial charge in [-0.05, 0) is 24.6 Å². The van der Waals surface area contributed by atoms with Crippen LogP contribution in [0.25, 0.3) is 0 Å². The molecule has 0 radical (unpaired) electrons. The summed E-state index contributed by atoms with van der Waals surface area (Å²) < 4.78 is 1.90. The number of hydrogen-bond acceptors (Lipinski definition) is 4. The second kappa shape index (κ2) is 8.86. The van der Waals surface area contributed by atoms with E-state index in [2.05, 4.69) is 20.6 Å². The predicted molar refractivity (Wildman–Crippen MR) is 80.4 cm³/mol. The van der Waals surface area contributed by atoms with Gasteiger partial charge in [-0.2, -0.15) is 0 Å². The highest BCUT2D eigenvalue weighted by atomic mass is 16.1. The zero-order valence-corrected chi connectivity index (χ0v) is 12.0. The molecule has 0 saturated heterocycles. The van der Waals surface area contributed by atoms with Gasteiger partial charge < -0.3 is 15.2 Å². The van der Waals surface area contributed by atoms with Gasteiger partial charge in [0, 0.05) is 50.8 Å². The van der Waals surface area contributed by atoms with Crippen LogP contribution in [0.15, 0.2) is 43.2 Å². The van der Waals surface area contributed by atoms with Gasteiger partial charge in [0.25, 0.3) is 0 Å². The number of pyridine rings is 1. The van der Waals surface area contributed by atoms with E-state index < -0.39 is 0 Å². The number of rotatable bonds is 9. The zero-order valence-electron chi connectivity index (χ0n) is 12.0. The predicted octanol–water partition coefficient (Wildman–Crippen LogP) is 0.964. The van der Waals surface area contributed by atoms with Crippen LogP contribution in [0.1, 0.15) is 18.4 Å². The van der Waals surface area contributed by atoms with Crippen LogP contribution in [-0.2, 0) is 17.9 Å². The molecule has 0 aromatic carbocycles. The fraction of sp³-hybridized carbons (Fsp3) is 0.400. The van der Waals surface area contributed by atoms with Crippen molar-refractivity contribution in [2.75, 3.05) is 13.1 Å². The standard InChI is InChI=1S/C15H21N5O/c21-15(4-9-20-10-8-18-13-20)19-7-2-6-17-12-14-3-1-5-16-11-14/h1,3,5,8,10-11,13,17H,2,4,6-7,9,12H2,(H,19,21). The van der Waals surface area contributed by atoms with E-state index in [1.165, 1.54) is 5.56 Å². The molecule has 1 amide bonds. The van der Waals surface area contributed by atoms with Gasteiger partial charge in [-0.25, -0.2) is 4.98 Å². The first-order valence-corrected chi connectivity index (χ1v) is 7.16. The molecule has 0 aliphatic heterocycles. The van der Waals surface area contributed by atoms with Crippen LogP contribution >= 0.6 is 0 Å². The Hall–Kier alpha value is -2.21. The molecule has 6 heteroatoms. The third-order valence-electron chi connectivity index (χ3n) is 3.06. The zero-order chi connectivity index (χ0) is 14.8. The average molecular weight is 287 g/mol. The molecule has 0 aliphatic rings. The highest BCUT2D eigenvalue weighted by Crippen LogP contribution is 1.94. The van der Waals surface area contributed by atoms with Gasteiger partial charge >= 0.3 is 0 Å². The van der Waals surface area contributed by atoms with Crippen molar-refractivity contribution in [1.29, 1.82) is 0 Å². The highest BCUT2D eigenvalue weighted by molar-refractivity contribution is 5.75. The fourth-order valence-corrected chi connectivity index (χ4v) is 1.91. The molecule has 2 heterocycles. The minimum atomic E-state index is 0.0796. The van der Waals surface area contributed by atoms with Gasteiger partial charge in [-0.15, -0.1) is 0 Å². The molecule has 2 N–H and O–H groups in total. The molecule has 2 rings (SSSR count). The van der Waals surface area contributed by atoms with Crippen LogP contribution in [0.3, 0.4) is 0 Å². The third-order valence-corrected chi connectivity index (χ3v) is 3.06. The van der Waals surface area contributed by atoms with E-state index in [-0.39, 0.29) is 5.91 Å². The maximum absolute atomic E-state index is 11.6. The first-order valence-electron chi connectivity index (χ1n) is 7.16. The summed E-state index contributed by atoms with van der Waals surface area (Å²) in [7, 11) is 0. The van der Waals surface area contributed by atoms with Crippen molar-refractivity contribution < 1.29 is 4.79 Å². The van der Waals surface area contributed by atoms with E-state index in [1.807, 2.05) is 29.1 Å². The van der Waals surface area contributed by atoms with Crippen molar-refractivity contribution >= 4 is 5.91 Å². The summed E-state index contributed by atoms with van der Waals surface area (Å²) in [5.41, 5.74) is 1.17. The van der Waals surface area contributed by atoms with Crippen LogP contribution in [-0.4, -0.2) is 33.5 Å². The molecule has 0 saturated carbocycles. The normalized spacial score (nSPS) is 10.5. The van der Waals surface area contributed by atoms with E-state index in [0.717, 1.165) is 19.5 Å². The van der Waals surface area contributed by atoms with E-state index >= 15 is 0 Å². The molecule has 0 unspecified atom stereocenters. The van der Waals surface area contributed by atoms with Crippen molar-refractivity contribution in [3.05, 3.63) is 48.8 Å². The number of carbonyl (C=O) groups excluding carboxylic acids is 1. The van der Waals surface area contributed by atoms with E-state index in [0.29, 0.717) is 19.5 Å². The largest absolute Gasteiger partial charge is 0.356 e. The maximum atomic E-state index is 11.6. The monoisotopic (exact) mass is 287 g/mol. The second-order valence-corrected chi connectivity index (χ2v) is 4.79. The molecule has 6 nitrogen and oxygen atoms in total. The number of nitrogens with zero attached hydrogens (tertiary/aromatic N) is 3. The van der Waals surface area contributed by atoms with Crippen LogP contribution in [0, 0.1) is 0 Å². The molecule has 0 bridgehead atoms. The molecule has 0 spiro atoms. The molecular formula is C15H21N5O. The lowest BCUT2D eigenvalue weighted by Gasteiger charge is -2.07. The summed E-state index contributed by atoms with van der Waals surface area (Å²) in [5, 5.41) is 6.24. The summed E-state index contributed by atoms with van der Waals surface area (Å²) >= 11 is 0. The molecular weight excluding hydrogens is 266 g/mol. The summed E-state index contributed by atoms with van der Waals surface area (Å²) in [4.78, 5) is 19.6. The number of amides is 1. The van der Waals surface area contributed by atoms with Gasteiger partial charge in [0.2, 0.25) is 5.91 Å². The van der Waals surface area contributed by atoms with Gasteiger partial charge in [0.05, 0.1) is 6.33 Å². The van der Waals surface area contributed by atoms with Gasteiger partial charge in [-0.1, -0.05) is 6.07 Å². The molecule has 0 fully saturated rings. The Bertz CT molecular complexity index is 512. The first-order chi connectivity index (χ1) is 10.3. The average Bonchev–Trinajstić information content (AvgIpc) is 3.03. The summed E-state index contributed by atoms with van der Waals surface area (Å²) in [6.45, 7) is 3.05. The SMILES string of the molecule is O=C(CCn1ccnc1)NCCCNCc1cccnc1. The Morgan fingerprint density at radius 3 is 2.95 bits per heavy atom. The fourth-order valence-electron chi connectivity index (χ4n) is 1.91. The van der Waals surface area contributed by atoms with Crippen molar-refractivity contribution in [2.45, 2.75) is 25.9 Å². The molecule has 112 valence electrons. The Kier molecular flexibility index (Phi) is 6.41. The number of nitrogens with one attached hydrogen (secondary N) is 2. The minimum absolute atomic E-state index is 0.0796. The van der Waals surface area contributed by atoms with Crippen LogP contribution in [0.2, 0.25) is 0 Å². The third kappa shape index (κ3) is 6.18. The lowest BCUT2D eigenvalue weighted by atomic mass is 10.3. The van der Waals surface area contributed by atoms with Crippen molar-refractivity contribution in [3.8, 4) is 0 Å². The summed E-state index contributed by atoms with van der Waals surface area (Å²) in [6, 6.07) is 3.97. The van der Waals surface area contributed by atoms with Crippen molar-refractivity contribution in [2.24, 2.45) is 0 Å². The first kappa shape index (κ1) is 15.2. The minimum Gasteiger partial charge on any atom is -0.356 e. The van der Waals surface area contributed by atoms with Crippen LogP contribution in [0.4, 0.5) is 0 Å². The van der Waals surface area contributed by atoms with Gasteiger partial charge in [0.15, 0.2) is 0 Å². The lowest BCUT2D eigenvalue weighted by Crippen LogP contribution is -2.27. The number of aromatic nitrogens is 3. The second-order valence-electron chi connectivity index (χ2n) is 4.79. The molecule has 2 aromatic heterocycles. The molecule has 21 heavy (non-hydrogen) atoms. The van der Waals surface area contributed by atoms with Gasteiger partial charge in [0.1, 0.15) is 0 Å². The number of hydrogen-bond donors (Lipinski definition) is 2. The van der Waals surface area contributed by atoms with Crippen molar-refractivity contribution in [1.82, 2.24) is 25.2 Å². The van der Waals surface area contributed by atoms with E-state index in [1.54, 1.807) is 18.7 Å². The number of imidazole rings is 1. The quantitative estimate of drug-likeness (QED) is 0.674. The Morgan fingerprint density at radius 1 is 1.24 bits per heavy atom. The van der Waals surface area contributed by atoms with E-state index in [4.69, 9.17) is 0 Å². The topological polar surface area (TPSA) is 71.8 Å². The lowest BCUT2D eigenvalue weighted by molar-refractivity contribution is -0.121. The maximum Gasteiger partial charge on any atom is 0.221 e. The number of aryl methyl sites for hydroxylation is 1. The summed E-state index contributed by atoms with van der Waals surface area (Å²) in [5.74, 6) is 0.0796. The molecule has 0 aliphatic carbocycles. The van der Waals surface area contributed by atoms with E-state index in [9.17, 15) is 4.79 Å². The highest BCUT2D eigenvalue weighted by Gasteiger charge is 2.00. The van der Waals surface area contributed by atoms with Crippen LogP contribution < -0.4 is 10.6 Å². The van der Waals surface area contributed by atoms with Gasteiger partial charge in [-0.3, -0.25) is 9.78 Å². The smallest absolute Gasteiger partial charge is 0.221 e. The molecule has 2 aromatic rings. The summed E-state index contributed by atoms with van der Waals surface area (Å²) in [6.07, 6.45) is 10.3. The Labute approximate surface area is 124 Å². The molecule has 0 atom stereocenters. The number of carbonyl (C=O) groups is 1. The van der Waals surface area contributed by atoms with Crippen LogP contribution in [0.5, 0.6) is 0 Å².